The highest BCUT2D eigenvalue weighted by Gasteiger charge is 2.36. The topological polar surface area (TPSA) is 297 Å². The number of nitro groups is 3. The third-order valence-corrected chi connectivity index (χ3v) is 15.8. The summed E-state index contributed by atoms with van der Waals surface area (Å²) in [5.74, 6) is -0.773. The van der Waals surface area contributed by atoms with Crippen LogP contribution in [0.5, 0.6) is 0 Å². The molecule has 0 spiro atoms. The summed E-state index contributed by atoms with van der Waals surface area (Å²) in [4.78, 5) is 55.7. The average Bonchev–Trinajstić information content (AvgIpc) is 3.27. The Morgan fingerprint density at radius 2 is 0.824 bits per heavy atom. The molecule has 0 atom stereocenters. The molecule has 0 N–H and O–H groups in total. The zero-order chi connectivity index (χ0) is 49.6. The number of sulfonamides is 3. The van der Waals surface area contributed by atoms with Crippen molar-refractivity contribution in [1.29, 1.82) is 0 Å². The largest absolute Gasteiger partial charge is 0.459 e. The first kappa shape index (κ1) is 50.7. The van der Waals surface area contributed by atoms with E-state index in [1.807, 2.05) is 0 Å². The highest BCUT2D eigenvalue weighted by molar-refractivity contribution is 7.89. The number of nitrogens with zero attached hydrogens (tertiary/aromatic N) is 9. The summed E-state index contributed by atoms with van der Waals surface area (Å²) in [5.41, 5.74) is -3.05. The maximum atomic E-state index is 14.6. The number of hydrogen-bond acceptors (Lipinski definition) is 17. The Hall–Kier alpha value is -6.68. The van der Waals surface area contributed by atoms with Gasteiger partial charge in [0.1, 0.15) is 5.60 Å². The molecule has 2 aromatic heterocycles. The van der Waals surface area contributed by atoms with Crippen molar-refractivity contribution in [2.45, 2.75) is 67.2 Å². The van der Waals surface area contributed by atoms with Gasteiger partial charge < -0.3 is 4.74 Å². The van der Waals surface area contributed by atoms with E-state index in [1.54, 1.807) is 20.8 Å². The van der Waals surface area contributed by atoms with E-state index in [-0.39, 0.29) is 35.9 Å². The maximum Gasteiger partial charge on any atom is 0.320 e. The molecule has 3 heterocycles. The van der Waals surface area contributed by atoms with Gasteiger partial charge in [0.15, 0.2) is 14.7 Å². The molecule has 0 aliphatic carbocycles. The van der Waals surface area contributed by atoms with Crippen LogP contribution in [0, 0.1) is 30.3 Å². The second-order valence-corrected chi connectivity index (χ2v) is 21.9. The van der Waals surface area contributed by atoms with Gasteiger partial charge in [-0.1, -0.05) is 48.5 Å². The van der Waals surface area contributed by atoms with Crippen LogP contribution in [-0.2, 0) is 65.8 Å². The fourth-order valence-electron chi connectivity index (χ4n) is 7.16. The van der Waals surface area contributed by atoms with E-state index in [1.165, 1.54) is 77.7 Å². The van der Waals surface area contributed by atoms with Crippen LogP contribution < -0.4 is 0 Å². The fourth-order valence-corrected chi connectivity index (χ4v) is 11.8. The fraction of sp³-hybridized carbons (Fsp3) is 0.310. The Morgan fingerprint density at radius 3 is 1.15 bits per heavy atom. The van der Waals surface area contributed by atoms with E-state index >= 15 is 0 Å². The van der Waals surface area contributed by atoms with Gasteiger partial charge in [0.25, 0.3) is 27.1 Å². The molecule has 1 aliphatic heterocycles. The van der Waals surface area contributed by atoms with Crippen molar-refractivity contribution in [3.63, 3.8) is 0 Å². The molecule has 1 aliphatic rings. The molecule has 0 radical (unpaired) electrons. The molecule has 4 bridgehead atoms. The quantitative estimate of drug-likeness (QED) is 0.0989. The van der Waals surface area contributed by atoms with E-state index in [4.69, 9.17) is 4.74 Å². The average molecular weight is 996 g/mol. The normalized spacial score (nSPS) is 15.7. The van der Waals surface area contributed by atoms with Crippen LogP contribution in [0.2, 0.25) is 0 Å². The molecule has 0 saturated carbocycles. The lowest BCUT2D eigenvalue weighted by Gasteiger charge is -2.30. The van der Waals surface area contributed by atoms with Crippen molar-refractivity contribution < 1.29 is 49.6 Å². The van der Waals surface area contributed by atoms with Gasteiger partial charge in [-0.3, -0.25) is 50.0 Å². The van der Waals surface area contributed by atoms with Gasteiger partial charge in [-0.2, -0.15) is 12.9 Å². The lowest BCUT2D eigenvalue weighted by Crippen LogP contribution is -2.45. The number of benzene rings is 3. The number of fused-ring (bicyclic) bond motifs is 4. The number of esters is 1. The van der Waals surface area contributed by atoms with Gasteiger partial charge in [0.2, 0.25) is 20.0 Å². The SMILES string of the molecule is CC(C)(C)OC(=O)CN1CCN(S(=O)(=O)c2ccccc2[N+](=O)[O-])Cc2cccc(n2)CN(S(=O)(=O)c2ccccc2[N+](=O)[O-])Cc2cccc(n2)CN(S(=O)(=O)c2ccccc2[N+](=O)[O-])CC1. The number of carbonyl (C=O) groups is 1. The van der Waals surface area contributed by atoms with Gasteiger partial charge in [0, 0.05) is 44.4 Å². The first-order valence-corrected chi connectivity index (χ1v) is 24.8. The number of para-hydroxylation sites is 3. The lowest BCUT2D eigenvalue weighted by atomic mass is 10.2. The van der Waals surface area contributed by atoms with Crippen molar-refractivity contribution in [1.82, 2.24) is 27.8 Å². The Labute approximate surface area is 391 Å². The molecule has 0 amide bonds. The summed E-state index contributed by atoms with van der Waals surface area (Å²) in [6, 6.07) is 22.6. The van der Waals surface area contributed by atoms with Crippen LogP contribution in [0.15, 0.2) is 124 Å². The molecule has 23 nitrogen and oxygen atoms in total. The van der Waals surface area contributed by atoms with E-state index in [0.717, 1.165) is 49.3 Å². The smallest absolute Gasteiger partial charge is 0.320 e. The monoisotopic (exact) mass is 995 g/mol. The summed E-state index contributed by atoms with van der Waals surface area (Å²) in [7, 11) is -14.4. The molecule has 0 fully saturated rings. The summed E-state index contributed by atoms with van der Waals surface area (Å²) in [6.07, 6.45) is 0. The number of hydrogen-bond donors (Lipinski definition) is 0. The third kappa shape index (κ3) is 12.1. The predicted molar refractivity (Wildman–Crippen MR) is 242 cm³/mol. The summed E-state index contributed by atoms with van der Waals surface area (Å²) in [5, 5.41) is 36.4. The Bertz CT molecular complexity index is 2930. The summed E-state index contributed by atoms with van der Waals surface area (Å²) >= 11 is 0. The van der Waals surface area contributed by atoms with Crippen molar-refractivity contribution >= 4 is 53.1 Å². The third-order valence-electron chi connectivity index (χ3n) is 10.2. The molecule has 360 valence electrons. The molecule has 26 heteroatoms. The van der Waals surface area contributed by atoms with Crippen LogP contribution in [-0.4, -0.2) is 112 Å². The first-order valence-electron chi connectivity index (χ1n) is 20.5. The molecule has 6 rings (SSSR count). The minimum atomic E-state index is -4.82. The Balaban J connectivity index is 1.54. The van der Waals surface area contributed by atoms with Crippen LogP contribution in [0.4, 0.5) is 17.1 Å². The summed E-state index contributed by atoms with van der Waals surface area (Å²) in [6.45, 7) is 0.437. The van der Waals surface area contributed by atoms with Crippen LogP contribution >= 0.6 is 0 Å². The van der Waals surface area contributed by atoms with E-state index in [9.17, 15) is 60.4 Å². The van der Waals surface area contributed by atoms with Crippen molar-refractivity contribution in [3.05, 3.63) is 162 Å². The van der Waals surface area contributed by atoms with Crippen LogP contribution in [0.3, 0.4) is 0 Å². The molecular formula is C42H45N9O14S3. The second-order valence-electron chi connectivity index (χ2n) is 16.2. The van der Waals surface area contributed by atoms with Crippen molar-refractivity contribution in [2.75, 3.05) is 32.7 Å². The second kappa shape index (κ2) is 20.7. The highest BCUT2D eigenvalue weighted by atomic mass is 32.2. The molecule has 3 aromatic carbocycles. The predicted octanol–water partition coefficient (Wildman–Crippen LogP) is 4.63. The number of ether oxygens (including phenoxy) is 1. The van der Waals surface area contributed by atoms with Crippen LogP contribution in [0.1, 0.15) is 43.5 Å². The number of aromatic nitrogens is 2. The number of carbonyl (C=O) groups excluding carboxylic acids is 1. The zero-order valence-corrected chi connectivity index (χ0v) is 39.2. The molecule has 5 aromatic rings. The van der Waals surface area contributed by atoms with Gasteiger partial charge in [0.05, 0.1) is 70.3 Å². The minimum absolute atomic E-state index is 0.0364. The zero-order valence-electron chi connectivity index (χ0n) is 36.7. The minimum Gasteiger partial charge on any atom is -0.459 e. The highest BCUT2D eigenvalue weighted by Crippen LogP contribution is 2.31. The Morgan fingerprint density at radius 1 is 0.515 bits per heavy atom. The lowest BCUT2D eigenvalue weighted by molar-refractivity contribution is -0.388. The van der Waals surface area contributed by atoms with Crippen molar-refractivity contribution in [3.8, 4) is 0 Å². The van der Waals surface area contributed by atoms with Crippen LogP contribution in [0.25, 0.3) is 0 Å². The number of nitro benzene ring substituents is 3. The van der Waals surface area contributed by atoms with Gasteiger partial charge in [-0.25, -0.2) is 25.3 Å². The summed E-state index contributed by atoms with van der Waals surface area (Å²) < 4.78 is 95.5. The molecular weight excluding hydrogens is 951 g/mol. The number of rotatable bonds is 11. The number of pyridine rings is 2. The van der Waals surface area contributed by atoms with E-state index in [0.29, 0.717) is 0 Å². The van der Waals surface area contributed by atoms with Gasteiger partial charge in [-0.05, 0) is 63.2 Å². The van der Waals surface area contributed by atoms with Crippen molar-refractivity contribution in [2.24, 2.45) is 0 Å². The molecule has 68 heavy (non-hydrogen) atoms. The first-order chi connectivity index (χ1) is 32.0. The van der Waals surface area contributed by atoms with Gasteiger partial charge in [-0.15, -0.1) is 0 Å². The standard InChI is InChI=1S/C42H45N9O14S3/c1-42(2,3)65-41(52)30-45-22-24-46(66(59,60)38-19-7-4-16-35(38)49(53)54)26-31-12-10-14-33(43-31)28-48(68(63,64)40-21-9-6-18-37(40)51(57)58)29-34-15-11-13-32(44-34)27-47(25-23-45)67(61,62)39-20-8-5-17-36(39)50(55)56/h4-21H,22-30H2,1-3H3. The molecule has 0 unspecified atom stereocenters. The van der Waals surface area contributed by atoms with Gasteiger partial charge >= 0.3 is 5.97 Å². The van der Waals surface area contributed by atoms with E-state index in [2.05, 4.69) is 9.97 Å². The van der Waals surface area contributed by atoms with E-state index < -0.39 is 134 Å². The Kier molecular flexibility index (Phi) is 15.4. The molecule has 0 saturated heterocycles. The maximum absolute atomic E-state index is 14.6.